The molecule has 0 saturated carbocycles. The third-order valence-electron chi connectivity index (χ3n) is 5.01. The topological polar surface area (TPSA) is 75.8 Å². The molecule has 0 spiro atoms. The molecule has 1 aliphatic heterocycles. The van der Waals surface area contributed by atoms with Crippen LogP contribution in [0.2, 0.25) is 0 Å². The van der Waals surface area contributed by atoms with Gasteiger partial charge in [0.25, 0.3) is 0 Å². The van der Waals surface area contributed by atoms with E-state index in [4.69, 9.17) is 15.1 Å². The fourth-order valence-corrected chi connectivity index (χ4v) is 3.61. The zero-order chi connectivity index (χ0) is 19.1. The summed E-state index contributed by atoms with van der Waals surface area (Å²) in [4.78, 5) is 9.07. The van der Waals surface area contributed by atoms with Gasteiger partial charge in [0.15, 0.2) is 5.90 Å². The van der Waals surface area contributed by atoms with Crippen molar-refractivity contribution in [1.82, 2.24) is 14.5 Å². The maximum Gasteiger partial charge on any atom is 0.227 e. The highest BCUT2D eigenvalue weighted by atomic mass is 16.5. The monoisotopic (exact) mass is 369 g/mol. The molecule has 1 aliphatic rings. The number of nitrogens with zero attached hydrogens (tertiary/aromatic N) is 3. The molecule has 6 nitrogen and oxygen atoms in total. The molecule has 0 amide bonds. The number of rotatable bonds is 3. The Bertz CT molecular complexity index is 1210. The van der Waals surface area contributed by atoms with Crippen molar-refractivity contribution in [3.8, 4) is 17.0 Å². The van der Waals surface area contributed by atoms with Gasteiger partial charge < -0.3 is 14.6 Å². The van der Waals surface area contributed by atoms with E-state index >= 15 is 0 Å². The van der Waals surface area contributed by atoms with Gasteiger partial charge in [0.1, 0.15) is 5.75 Å². The van der Waals surface area contributed by atoms with Crippen molar-refractivity contribution in [2.24, 2.45) is 7.05 Å². The van der Waals surface area contributed by atoms with Crippen LogP contribution >= 0.6 is 0 Å². The zero-order valence-corrected chi connectivity index (χ0v) is 15.4. The minimum atomic E-state index is 0.304. The molecule has 138 valence electrons. The standard InChI is InChI=1S/C22H19N5O/c1-27-13-17(16-4-2-3-5-19(16)27)18-10-11-24-22(26-18)25-15-8-6-14-7-9-21(23)28-20(14)12-15/h2-6,8,10-13,23H,7,9H2,1H3,(H,24,25,26). The fourth-order valence-electron chi connectivity index (χ4n) is 3.61. The van der Waals surface area contributed by atoms with Gasteiger partial charge in [-0.1, -0.05) is 24.3 Å². The van der Waals surface area contributed by atoms with Crippen LogP contribution in [0.15, 0.2) is 60.9 Å². The summed E-state index contributed by atoms with van der Waals surface area (Å²) in [5.74, 6) is 1.56. The van der Waals surface area contributed by atoms with Crippen LogP contribution in [0.25, 0.3) is 22.2 Å². The van der Waals surface area contributed by atoms with Crippen LogP contribution in [0.1, 0.15) is 12.0 Å². The van der Waals surface area contributed by atoms with Gasteiger partial charge in [0, 0.05) is 54.1 Å². The molecule has 2 aromatic heterocycles. The van der Waals surface area contributed by atoms with E-state index in [0.717, 1.165) is 40.1 Å². The molecule has 0 saturated heterocycles. The lowest BCUT2D eigenvalue weighted by atomic mass is 10.1. The van der Waals surface area contributed by atoms with E-state index < -0.39 is 0 Å². The summed E-state index contributed by atoms with van der Waals surface area (Å²) in [7, 11) is 2.04. The molecule has 2 N–H and O–H groups in total. The van der Waals surface area contributed by atoms with Gasteiger partial charge in [0.05, 0.1) is 5.69 Å². The summed E-state index contributed by atoms with van der Waals surface area (Å²) in [6.07, 6.45) is 5.34. The van der Waals surface area contributed by atoms with Crippen LogP contribution in [-0.4, -0.2) is 20.4 Å². The van der Waals surface area contributed by atoms with Crippen LogP contribution in [-0.2, 0) is 13.5 Å². The van der Waals surface area contributed by atoms with E-state index in [0.29, 0.717) is 18.3 Å². The first-order chi connectivity index (χ1) is 13.7. The summed E-state index contributed by atoms with van der Waals surface area (Å²) in [6, 6.07) is 16.1. The molecule has 0 fully saturated rings. The molecule has 3 heterocycles. The Balaban J connectivity index is 1.48. The van der Waals surface area contributed by atoms with Crippen LogP contribution < -0.4 is 10.1 Å². The Hall–Kier alpha value is -3.67. The quantitative estimate of drug-likeness (QED) is 0.550. The van der Waals surface area contributed by atoms with Gasteiger partial charge in [-0.2, -0.15) is 0 Å². The average molecular weight is 369 g/mol. The predicted molar refractivity (Wildman–Crippen MR) is 110 cm³/mol. The summed E-state index contributed by atoms with van der Waals surface area (Å²) >= 11 is 0. The number of nitrogens with one attached hydrogen (secondary N) is 2. The molecule has 4 aromatic rings. The molecular weight excluding hydrogens is 350 g/mol. The third kappa shape index (κ3) is 2.89. The normalized spacial score (nSPS) is 13.2. The largest absolute Gasteiger partial charge is 0.443 e. The minimum Gasteiger partial charge on any atom is -0.443 e. The Morgan fingerprint density at radius 1 is 1.11 bits per heavy atom. The Morgan fingerprint density at radius 3 is 2.93 bits per heavy atom. The highest BCUT2D eigenvalue weighted by Gasteiger charge is 2.15. The number of aromatic nitrogens is 3. The molecule has 2 aromatic carbocycles. The Kier molecular flexibility index (Phi) is 3.83. The molecule has 5 rings (SSSR count). The van der Waals surface area contributed by atoms with Gasteiger partial charge in [-0.05, 0) is 30.2 Å². The maximum atomic E-state index is 7.73. The molecule has 0 atom stereocenters. The van der Waals surface area contributed by atoms with Crippen molar-refractivity contribution < 1.29 is 4.74 Å². The van der Waals surface area contributed by atoms with Crippen molar-refractivity contribution in [3.63, 3.8) is 0 Å². The number of benzene rings is 2. The average Bonchev–Trinajstić information content (AvgIpc) is 3.05. The fraction of sp³-hybridized carbons (Fsp3) is 0.136. The molecule has 0 bridgehead atoms. The predicted octanol–water partition coefficient (Wildman–Crippen LogP) is 4.68. The number of para-hydroxylation sites is 1. The lowest BCUT2D eigenvalue weighted by Crippen LogP contribution is -2.15. The number of hydrogen-bond acceptors (Lipinski definition) is 5. The highest BCUT2D eigenvalue weighted by Crippen LogP contribution is 2.31. The first kappa shape index (κ1) is 16.5. The number of hydrogen-bond donors (Lipinski definition) is 2. The van der Waals surface area contributed by atoms with E-state index in [2.05, 4.69) is 33.2 Å². The summed E-state index contributed by atoms with van der Waals surface area (Å²) in [5, 5.41) is 12.1. The smallest absolute Gasteiger partial charge is 0.227 e. The van der Waals surface area contributed by atoms with Gasteiger partial charge in [-0.3, -0.25) is 5.41 Å². The van der Waals surface area contributed by atoms with Gasteiger partial charge in [-0.25, -0.2) is 9.97 Å². The molecule has 0 radical (unpaired) electrons. The van der Waals surface area contributed by atoms with Crippen molar-refractivity contribution in [2.75, 3.05) is 5.32 Å². The van der Waals surface area contributed by atoms with Crippen molar-refractivity contribution >= 4 is 28.4 Å². The van der Waals surface area contributed by atoms with Crippen LogP contribution in [0, 0.1) is 5.41 Å². The van der Waals surface area contributed by atoms with Crippen LogP contribution in [0.3, 0.4) is 0 Å². The first-order valence-electron chi connectivity index (χ1n) is 9.20. The number of anilines is 2. The van der Waals surface area contributed by atoms with Gasteiger partial charge in [-0.15, -0.1) is 0 Å². The van der Waals surface area contributed by atoms with Crippen molar-refractivity contribution in [3.05, 3.63) is 66.5 Å². The number of fused-ring (bicyclic) bond motifs is 2. The summed E-state index contributed by atoms with van der Waals surface area (Å²) < 4.78 is 7.66. The second-order valence-corrected chi connectivity index (χ2v) is 6.91. The SMILES string of the molecule is Cn1cc(-c2ccnc(Nc3ccc4c(c3)OC(=N)CC4)n2)c2ccccc21. The van der Waals surface area contributed by atoms with Crippen LogP contribution in [0.5, 0.6) is 5.75 Å². The Labute approximate surface area is 162 Å². The van der Waals surface area contributed by atoms with E-state index in [1.165, 1.54) is 5.52 Å². The first-order valence-corrected chi connectivity index (χ1v) is 9.20. The van der Waals surface area contributed by atoms with Gasteiger partial charge >= 0.3 is 0 Å². The van der Waals surface area contributed by atoms with Crippen molar-refractivity contribution in [1.29, 1.82) is 5.41 Å². The number of aryl methyl sites for hydroxylation is 2. The molecular formula is C22H19N5O. The van der Waals surface area contributed by atoms with Gasteiger partial charge in [0.2, 0.25) is 5.95 Å². The second-order valence-electron chi connectivity index (χ2n) is 6.91. The molecule has 28 heavy (non-hydrogen) atoms. The third-order valence-corrected chi connectivity index (χ3v) is 5.01. The molecule has 0 unspecified atom stereocenters. The second kappa shape index (κ2) is 6.49. The maximum absolute atomic E-state index is 7.73. The van der Waals surface area contributed by atoms with E-state index in [1.54, 1.807) is 6.20 Å². The lowest BCUT2D eigenvalue weighted by Gasteiger charge is -2.18. The molecule has 0 aliphatic carbocycles. The van der Waals surface area contributed by atoms with E-state index in [-0.39, 0.29) is 0 Å². The highest BCUT2D eigenvalue weighted by molar-refractivity contribution is 5.95. The minimum absolute atomic E-state index is 0.304. The summed E-state index contributed by atoms with van der Waals surface area (Å²) in [5.41, 5.74) is 5.06. The lowest BCUT2D eigenvalue weighted by molar-refractivity contribution is 0.499. The van der Waals surface area contributed by atoms with Crippen LogP contribution in [0.4, 0.5) is 11.6 Å². The van der Waals surface area contributed by atoms with E-state index in [9.17, 15) is 0 Å². The summed E-state index contributed by atoms with van der Waals surface area (Å²) in [6.45, 7) is 0. The van der Waals surface area contributed by atoms with Crippen molar-refractivity contribution in [2.45, 2.75) is 12.8 Å². The Morgan fingerprint density at radius 2 is 2.00 bits per heavy atom. The zero-order valence-electron chi connectivity index (χ0n) is 15.4. The number of ether oxygens (including phenoxy) is 1. The molecule has 6 heteroatoms. The van der Waals surface area contributed by atoms with E-state index in [1.807, 2.05) is 43.4 Å².